The van der Waals surface area contributed by atoms with Gasteiger partial charge in [-0.3, -0.25) is 10.2 Å². The molecule has 2 aliphatic heterocycles. The van der Waals surface area contributed by atoms with E-state index in [1.165, 1.54) is 16.8 Å². The number of hydrogen-bond donors (Lipinski definition) is 1. The monoisotopic (exact) mass is 425 g/mol. The van der Waals surface area contributed by atoms with E-state index in [0.717, 1.165) is 42.1 Å². The van der Waals surface area contributed by atoms with Crippen LogP contribution >= 0.6 is 23.4 Å². The number of amides is 1. The Morgan fingerprint density at radius 3 is 2.90 bits per heavy atom. The Balaban J connectivity index is 1.63. The van der Waals surface area contributed by atoms with Gasteiger partial charge in [0.25, 0.3) is 5.91 Å². The van der Waals surface area contributed by atoms with Gasteiger partial charge in [-0.05, 0) is 61.0 Å². The number of aromatic nitrogens is 1. The highest BCUT2D eigenvalue weighted by Gasteiger charge is 2.35. The maximum absolute atomic E-state index is 12.6. The molecule has 0 saturated carbocycles. The van der Waals surface area contributed by atoms with E-state index in [2.05, 4.69) is 17.0 Å². The summed E-state index contributed by atoms with van der Waals surface area (Å²) in [5.74, 6) is -0.366. The highest BCUT2D eigenvalue weighted by Crippen LogP contribution is 2.30. The summed E-state index contributed by atoms with van der Waals surface area (Å²) in [6.45, 7) is 2.15. The number of unbranched alkanes of at least 4 members (excludes halogenated alkanes) is 2. The molecule has 1 amide bonds. The van der Waals surface area contributed by atoms with Gasteiger partial charge >= 0.3 is 0 Å². The number of hydrogen-bond acceptors (Lipinski definition) is 4. The molecule has 1 aromatic heterocycles. The largest absolute Gasteiger partial charge is 0.317 e. The lowest BCUT2D eigenvalue weighted by Gasteiger charge is -2.20. The van der Waals surface area contributed by atoms with Crippen molar-refractivity contribution in [2.75, 3.05) is 0 Å². The Kier molecular flexibility index (Phi) is 5.69. The second kappa shape index (κ2) is 8.39. The fraction of sp³-hybridized carbons (Fsp3) is 0.238. The fourth-order valence-corrected chi connectivity index (χ4v) is 4.29. The number of halogens is 1. The zero-order chi connectivity index (χ0) is 20.4. The van der Waals surface area contributed by atoms with Gasteiger partial charge in [0.1, 0.15) is 5.04 Å². The number of benzene rings is 1. The SMILES string of the molecule is CCCCCC1=NN2C(=N)/C(=C/c3cccn3-c3cccc(Cl)c3)C(=O)N=C2S1. The van der Waals surface area contributed by atoms with E-state index in [1.54, 1.807) is 6.08 Å². The fourth-order valence-electron chi connectivity index (χ4n) is 3.18. The third-order valence-corrected chi connectivity index (χ3v) is 5.85. The topological polar surface area (TPSA) is 73.8 Å². The average Bonchev–Trinajstić information content (AvgIpc) is 3.32. The van der Waals surface area contributed by atoms with Crippen molar-refractivity contribution in [3.8, 4) is 5.69 Å². The van der Waals surface area contributed by atoms with Gasteiger partial charge in [-0.25, -0.2) is 0 Å². The second-order valence-corrected chi connectivity index (χ2v) is 8.23. The van der Waals surface area contributed by atoms with Crippen molar-refractivity contribution >= 4 is 51.4 Å². The number of amidine groups is 2. The maximum Gasteiger partial charge on any atom is 0.283 e. The van der Waals surface area contributed by atoms with E-state index in [4.69, 9.17) is 17.0 Å². The van der Waals surface area contributed by atoms with Crippen LogP contribution in [0.15, 0.2) is 58.3 Å². The van der Waals surface area contributed by atoms with Crippen molar-refractivity contribution in [1.29, 1.82) is 5.41 Å². The number of nitrogens with one attached hydrogen (secondary N) is 1. The first-order chi connectivity index (χ1) is 14.1. The summed E-state index contributed by atoms with van der Waals surface area (Å²) in [6.07, 6.45) is 7.72. The lowest BCUT2D eigenvalue weighted by atomic mass is 10.1. The number of fused-ring (bicyclic) bond motifs is 1. The standard InChI is InChI=1S/C21H20ClN5OS/c1-2-3-4-10-18-25-27-19(23)17(20(28)24-21(27)29-18)13-16-9-6-11-26(16)15-8-5-7-14(22)12-15/h5-9,11-13,23H,2-4,10H2,1H3/b17-13-,23-19?. The van der Waals surface area contributed by atoms with Crippen LogP contribution in [0, 0.1) is 5.41 Å². The van der Waals surface area contributed by atoms with Gasteiger partial charge in [0.2, 0.25) is 5.17 Å². The number of aliphatic imine (C=N–C) groups is 1. The van der Waals surface area contributed by atoms with Gasteiger partial charge in [-0.2, -0.15) is 15.1 Å². The van der Waals surface area contributed by atoms with Crippen molar-refractivity contribution in [1.82, 2.24) is 9.58 Å². The highest BCUT2D eigenvalue weighted by molar-refractivity contribution is 8.26. The predicted octanol–water partition coefficient (Wildman–Crippen LogP) is 5.33. The molecule has 2 aliphatic rings. The molecule has 1 aromatic carbocycles. The molecule has 0 radical (unpaired) electrons. The number of nitrogens with zero attached hydrogens (tertiary/aromatic N) is 4. The summed E-state index contributed by atoms with van der Waals surface area (Å²) in [5.41, 5.74) is 1.86. The first-order valence-electron chi connectivity index (χ1n) is 9.49. The number of hydrazone groups is 1. The molecule has 2 aromatic rings. The van der Waals surface area contributed by atoms with E-state index in [0.29, 0.717) is 10.2 Å². The molecular formula is C21H20ClN5OS. The molecule has 8 heteroatoms. The quantitative estimate of drug-likeness (QED) is 0.502. The van der Waals surface area contributed by atoms with Crippen LogP contribution in [0.4, 0.5) is 0 Å². The van der Waals surface area contributed by atoms with Crippen LogP contribution < -0.4 is 0 Å². The van der Waals surface area contributed by atoms with E-state index in [-0.39, 0.29) is 11.4 Å². The minimum atomic E-state index is -0.419. The zero-order valence-corrected chi connectivity index (χ0v) is 17.5. The van der Waals surface area contributed by atoms with Crippen molar-refractivity contribution in [2.45, 2.75) is 32.6 Å². The van der Waals surface area contributed by atoms with Gasteiger partial charge in [0.15, 0.2) is 5.84 Å². The Morgan fingerprint density at radius 1 is 1.24 bits per heavy atom. The van der Waals surface area contributed by atoms with Crippen LogP contribution in [0.3, 0.4) is 0 Å². The van der Waals surface area contributed by atoms with Crippen LogP contribution in [0.1, 0.15) is 38.3 Å². The van der Waals surface area contributed by atoms with Crippen molar-refractivity contribution in [2.24, 2.45) is 10.1 Å². The maximum atomic E-state index is 12.6. The Labute approximate surface area is 178 Å². The van der Waals surface area contributed by atoms with Crippen molar-refractivity contribution in [3.05, 3.63) is 58.9 Å². The van der Waals surface area contributed by atoms with E-state index in [1.807, 2.05) is 47.2 Å². The molecular weight excluding hydrogens is 406 g/mol. The van der Waals surface area contributed by atoms with Crippen LogP contribution in [0.2, 0.25) is 5.02 Å². The molecule has 0 spiro atoms. The number of thioether (sulfide) groups is 1. The number of rotatable bonds is 6. The van der Waals surface area contributed by atoms with Crippen LogP contribution in [0.25, 0.3) is 11.8 Å². The van der Waals surface area contributed by atoms with Crippen LogP contribution in [-0.2, 0) is 4.79 Å². The van der Waals surface area contributed by atoms with E-state index < -0.39 is 5.91 Å². The Morgan fingerprint density at radius 2 is 2.10 bits per heavy atom. The molecule has 4 rings (SSSR count). The molecule has 0 unspecified atom stereocenters. The first-order valence-corrected chi connectivity index (χ1v) is 10.7. The summed E-state index contributed by atoms with van der Waals surface area (Å²) >= 11 is 7.50. The minimum Gasteiger partial charge on any atom is -0.317 e. The van der Waals surface area contributed by atoms with Crippen LogP contribution in [-0.4, -0.2) is 31.5 Å². The molecule has 6 nitrogen and oxygen atoms in total. The number of carbonyl (C=O) groups is 1. The van der Waals surface area contributed by atoms with Gasteiger partial charge < -0.3 is 4.57 Å². The molecule has 0 atom stereocenters. The highest BCUT2D eigenvalue weighted by atomic mass is 35.5. The average molecular weight is 426 g/mol. The molecule has 29 heavy (non-hydrogen) atoms. The minimum absolute atomic E-state index is 0.0526. The van der Waals surface area contributed by atoms with Gasteiger partial charge in [-0.1, -0.05) is 37.4 Å². The van der Waals surface area contributed by atoms with Gasteiger partial charge in [-0.15, -0.1) is 0 Å². The first kappa shape index (κ1) is 19.7. The van der Waals surface area contributed by atoms with Crippen LogP contribution in [0.5, 0.6) is 0 Å². The summed E-state index contributed by atoms with van der Waals surface area (Å²) in [7, 11) is 0. The lowest BCUT2D eigenvalue weighted by molar-refractivity contribution is -0.114. The smallest absolute Gasteiger partial charge is 0.283 e. The second-order valence-electron chi connectivity index (χ2n) is 6.75. The summed E-state index contributed by atoms with van der Waals surface area (Å²) in [6, 6.07) is 11.2. The van der Waals surface area contributed by atoms with Gasteiger partial charge in [0.05, 0.1) is 5.57 Å². The summed E-state index contributed by atoms with van der Waals surface area (Å²) in [4.78, 5) is 16.8. The number of carbonyl (C=O) groups excluding carboxylic acids is 1. The third-order valence-electron chi connectivity index (χ3n) is 4.65. The van der Waals surface area contributed by atoms with E-state index >= 15 is 0 Å². The zero-order valence-electron chi connectivity index (χ0n) is 15.9. The normalized spacial score (nSPS) is 17.6. The predicted molar refractivity (Wildman–Crippen MR) is 120 cm³/mol. The van der Waals surface area contributed by atoms with Crippen molar-refractivity contribution in [3.63, 3.8) is 0 Å². The molecule has 0 bridgehead atoms. The Bertz CT molecular complexity index is 1070. The molecule has 0 aliphatic carbocycles. The molecule has 1 N–H and O–H groups in total. The van der Waals surface area contributed by atoms with Crippen molar-refractivity contribution < 1.29 is 4.79 Å². The third kappa shape index (κ3) is 4.06. The lowest BCUT2D eigenvalue weighted by Crippen LogP contribution is -2.35. The van der Waals surface area contributed by atoms with E-state index in [9.17, 15) is 4.79 Å². The summed E-state index contributed by atoms with van der Waals surface area (Å²) < 4.78 is 1.91. The van der Waals surface area contributed by atoms with Gasteiger partial charge in [0, 0.05) is 22.6 Å². The molecule has 3 heterocycles. The Hall–Kier alpha value is -2.64. The molecule has 0 fully saturated rings. The molecule has 148 valence electrons. The molecule has 0 saturated heterocycles. The summed E-state index contributed by atoms with van der Waals surface area (Å²) in [5, 5.41) is 16.5.